The molecule has 0 aliphatic carbocycles. The Kier molecular flexibility index (Phi) is 6.64. The minimum Gasteiger partial charge on any atom is -0.370 e. The van der Waals surface area contributed by atoms with Crippen molar-refractivity contribution in [1.29, 1.82) is 0 Å². The second kappa shape index (κ2) is 8.93. The van der Waals surface area contributed by atoms with E-state index < -0.39 is 11.7 Å². The van der Waals surface area contributed by atoms with E-state index in [0.717, 1.165) is 0 Å². The van der Waals surface area contributed by atoms with Crippen molar-refractivity contribution in [3.63, 3.8) is 0 Å². The summed E-state index contributed by atoms with van der Waals surface area (Å²) in [7, 11) is 0. The molecular formula is C17H18FN3O3S. The van der Waals surface area contributed by atoms with Gasteiger partial charge in [0, 0.05) is 31.6 Å². The number of halogens is 1. The molecule has 0 unspecified atom stereocenters. The second-order valence-corrected chi connectivity index (χ2v) is 6.17. The Bertz CT molecular complexity index is 732. The summed E-state index contributed by atoms with van der Waals surface area (Å²) in [5, 5.41) is 4.46. The Balaban J connectivity index is 1.95. The van der Waals surface area contributed by atoms with Crippen LogP contribution >= 0.6 is 11.3 Å². The van der Waals surface area contributed by atoms with Crippen molar-refractivity contribution >= 4 is 34.7 Å². The third-order valence-corrected chi connectivity index (χ3v) is 4.26. The van der Waals surface area contributed by atoms with Gasteiger partial charge in [-0.1, -0.05) is 6.07 Å². The number of benzene rings is 1. The lowest BCUT2D eigenvalue weighted by Crippen LogP contribution is -2.36. The van der Waals surface area contributed by atoms with Crippen LogP contribution in [0.3, 0.4) is 0 Å². The van der Waals surface area contributed by atoms with E-state index >= 15 is 0 Å². The molecule has 0 saturated carbocycles. The summed E-state index contributed by atoms with van der Waals surface area (Å²) in [5.41, 5.74) is 5.61. The number of carbonyl (C=O) groups excluding carboxylic acids is 3. The molecule has 132 valence electrons. The molecular weight excluding hydrogens is 345 g/mol. The van der Waals surface area contributed by atoms with Crippen LogP contribution in [0.15, 0.2) is 41.8 Å². The molecule has 0 atom stereocenters. The van der Waals surface area contributed by atoms with Crippen LogP contribution in [-0.2, 0) is 9.59 Å². The van der Waals surface area contributed by atoms with E-state index in [9.17, 15) is 18.8 Å². The van der Waals surface area contributed by atoms with Gasteiger partial charge in [-0.3, -0.25) is 14.4 Å². The van der Waals surface area contributed by atoms with Gasteiger partial charge in [-0.15, -0.1) is 11.3 Å². The number of hydrogen-bond donors (Lipinski definition) is 2. The molecule has 3 N–H and O–H groups in total. The van der Waals surface area contributed by atoms with Crippen LogP contribution in [0.1, 0.15) is 22.5 Å². The predicted octanol–water partition coefficient (Wildman–Crippen LogP) is 1.92. The molecule has 0 aliphatic heterocycles. The van der Waals surface area contributed by atoms with Crippen molar-refractivity contribution < 1.29 is 18.8 Å². The first-order valence-corrected chi connectivity index (χ1v) is 8.51. The molecule has 0 spiro atoms. The van der Waals surface area contributed by atoms with Crippen molar-refractivity contribution in [2.45, 2.75) is 12.8 Å². The summed E-state index contributed by atoms with van der Waals surface area (Å²) in [6.07, 6.45) is 0.0396. The number of nitrogens with zero attached hydrogens (tertiary/aromatic N) is 1. The van der Waals surface area contributed by atoms with Gasteiger partial charge in [0.15, 0.2) is 0 Å². The van der Waals surface area contributed by atoms with Crippen LogP contribution in [0.5, 0.6) is 0 Å². The molecule has 0 saturated heterocycles. The number of nitrogens with one attached hydrogen (secondary N) is 1. The van der Waals surface area contributed by atoms with Gasteiger partial charge in [0.05, 0.1) is 4.88 Å². The van der Waals surface area contributed by atoms with Crippen molar-refractivity contribution in [3.8, 4) is 0 Å². The zero-order chi connectivity index (χ0) is 18.2. The Labute approximate surface area is 148 Å². The largest absolute Gasteiger partial charge is 0.370 e. The van der Waals surface area contributed by atoms with E-state index in [-0.39, 0.29) is 37.7 Å². The standard InChI is InChI=1S/C17H18FN3O3S/c18-12-3-5-13(6-4-12)21(10-8-15(19)22)16(23)7-9-20-17(24)14-2-1-11-25-14/h1-6,11H,7-10H2,(H2,19,22)(H,20,24). The van der Waals surface area contributed by atoms with Crippen molar-refractivity contribution in [3.05, 3.63) is 52.5 Å². The first kappa shape index (κ1) is 18.6. The van der Waals surface area contributed by atoms with Gasteiger partial charge in [-0.25, -0.2) is 4.39 Å². The Morgan fingerprint density at radius 1 is 1.12 bits per heavy atom. The number of primary amides is 1. The van der Waals surface area contributed by atoms with Gasteiger partial charge < -0.3 is 16.0 Å². The summed E-state index contributed by atoms with van der Waals surface area (Å²) in [4.78, 5) is 37.2. The van der Waals surface area contributed by atoms with Crippen LogP contribution in [0.25, 0.3) is 0 Å². The fourth-order valence-corrected chi connectivity index (χ4v) is 2.79. The maximum atomic E-state index is 13.1. The highest BCUT2D eigenvalue weighted by Gasteiger charge is 2.17. The van der Waals surface area contributed by atoms with E-state index in [1.807, 2.05) is 0 Å². The number of hydrogen-bond acceptors (Lipinski definition) is 4. The molecule has 25 heavy (non-hydrogen) atoms. The highest BCUT2D eigenvalue weighted by molar-refractivity contribution is 7.12. The molecule has 1 heterocycles. The van der Waals surface area contributed by atoms with Gasteiger partial charge in [-0.05, 0) is 35.7 Å². The molecule has 0 fully saturated rings. The first-order chi connectivity index (χ1) is 12.0. The number of anilines is 1. The highest BCUT2D eigenvalue weighted by Crippen LogP contribution is 2.16. The Morgan fingerprint density at radius 2 is 1.84 bits per heavy atom. The molecule has 1 aromatic carbocycles. The topological polar surface area (TPSA) is 92.5 Å². The lowest BCUT2D eigenvalue weighted by atomic mass is 10.2. The number of thiophene rings is 1. The predicted molar refractivity (Wildman–Crippen MR) is 93.8 cm³/mol. The fourth-order valence-electron chi connectivity index (χ4n) is 2.15. The van der Waals surface area contributed by atoms with Crippen molar-refractivity contribution in [1.82, 2.24) is 5.32 Å². The normalized spacial score (nSPS) is 10.3. The maximum Gasteiger partial charge on any atom is 0.261 e. The monoisotopic (exact) mass is 363 g/mol. The van der Waals surface area contributed by atoms with Gasteiger partial charge in [-0.2, -0.15) is 0 Å². The molecule has 8 heteroatoms. The van der Waals surface area contributed by atoms with Crippen molar-refractivity contribution in [2.24, 2.45) is 5.73 Å². The van der Waals surface area contributed by atoms with Crippen molar-refractivity contribution in [2.75, 3.05) is 18.0 Å². The third-order valence-electron chi connectivity index (χ3n) is 3.39. The highest BCUT2D eigenvalue weighted by atomic mass is 32.1. The number of carbonyl (C=O) groups is 3. The van der Waals surface area contributed by atoms with Gasteiger partial charge in [0.2, 0.25) is 11.8 Å². The summed E-state index contributed by atoms with van der Waals surface area (Å²) in [5.74, 6) is -1.49. The lowest BCUT2D eigenvalue weighted by Gasteiger charge is -2.22. The Hall–Kier alpha value is -2.74. The van der Waals surface area contributed by atoms with E-state index in [0.29, 0.717) is 10.6 Å². The third kappa shape index (κ3) is 5.68. The van der Waals surface area contributed by atoms with Crippen LogP contribution in [0.4, 0.5) is 10.1 Å². The fraction of sp³-hybridized carbons (Fsp3) is 0.235. The van der Waals surface area contributed by atoms with E-state index in [2.05, 4.69) is 5.32 Å². The molecule has 2 aromatic rings. The smallest absolute Gasteiger partial charge is 0.261 e. The SMILES string of the molecule is NC(=O)CCN(C(=O)CCNC(=O)c1cccs1)c1ccc(F)cc1. The van der Waals surface area contributed by atoms with E-state index in [4.69, 9.17) is 5.73 Å². The average Bonchev–Trinajstić information content (AvgIpc) is 3.11. The quantitative estimate of drug-likeness (QED) is 0.750. The molecule has 3 amide bonds. The number of nitrogens with two attached hydrogens (primary N) is 1. The zero-order valence-corrected chi connectivity index (χ0v) is 14.2. The van der Waals surface area contributed by atoms with Gasteiger partial charge >= 0.3 is 0 Å². The molecule has 0 bridgehead atoms. The molecule has 2 rings (SSSR count). The molecule has 6 nitrogen and oxygen atoms in total. The summed E-state index contributed by atoms with van der Waals surface area (Å²) >= 11 is 1.31. The molecule has 0 radical (unpaired) electrons. The zero-order valence-electron chi connectivity index (χ0n) is 13.4. The lowest BCUT2D eigenvalue weighted by molar-refractivity contribution is -0.119. The summed E-state index contributed by atoms with van der Waals surface area (Å²) in [6, 6.07) is 8.85. The average molecular weight is 363 g/mol. The molecule has 1 aromatic heterocycles. The van der Waals surface area contributed by atoms with Crippen LogP contribution in [0.2, 0.25) is 0 Å². The van der Waals surface area contributed by atoms with Crippen LogP contribution in [-0.4, -0.2) is 30.8 Å². The maximum absolute atomic E-state index is 13.1. The van der Waals surface area contributed by atoms with Gasteiger partial charge in [0.25, 0.3) is 5.91 Å². The first-order valence-electron chi connectivity index (χ1n) is 7.63. The van der Waals surface area contributed by atoms with Crippen LogP contribution in [0, 0.1) is 5.82 Å². The number of amides is 3. The Morgan fingerprint density at radius 3 is 2.44 bits per heavy atom. The summed E-state index contributed by atoms with van der Waals surface area (Å²) in [6.45, 7) is 0.252. The van der Waals surface area contributed by atoms with E-state index in [1.54, 1.807) is 17.5 Å². The van der Waals surface area contributed by atoms with E-state index in [1.165, 1.54) is 40.5 Å². The number of rotatable bonds is 8. The molecule has 0 aliphatic rings. The second-order valence-electron chi connectivity index (χ2n) is 5.22. The minimum absolute atomic E-state index is 0.00926. The van der Waals surface area contributed by atoms with Crippen LogP contribution < -0.4 is 16.0 Å². The van der Waals surface area contributed by atoms with Gasteiger partial charge in [0.1, 0.15) is 5.82 Å². The summed E-state index contributed by atoms with van der Waals surface area (Å²) < 4.78 is 13.1. The minimum atomic E-state index is -0.536.